The molecule has 3 heteroatoms. The molecule has 1 aromatic carbocycles. The van der Waals surface area contributed by atoms with Crippen LogP contribution in [-0.2, 0) is 0 Å². The molecule has 3 nitrogen and oxygen atoms in total. The molecule has 1 saturated carbocycles. The number of nitrogens with two attached hydrogens (primary N) is 1. The van der Waals surface area contributed by atoms with Crippen LogP contribution in [0.4, 0.5) is 5.69 Å². The normalized spacial score (nSPS) is 16.8. The lowest BCUT2D eigenvalue weighted by Gasteiger charge is -2.24. The van der Waals surface area contributed by atoms with Crippen LogP contribution < -0.4 is 15.2 Å². The third-order valence-corrected chi connectivity index (χ3v) is 3.17. The van der Waals surface area contributed by atoms with Gasteiger partial charge in [-0.05, 0) is 44.7 Å². The fourth-order valence-corrected chi connectivity index (χ4v) is 2.27. The molecule has 0 aliphatic heterocycles. The zero-order valence-corrected chi connectivity index (χ0v) is 10.4. The molecule has 0 spiro atoms. The topological polar surface area (TPSA) is 44.5 Å². The van der Waals surface area contributed by atoms with Crippen LogP contribution in [0.25, 0.3) is 0 Å². The molecule has 0 bridgehead atoms. The van der Waals surface area contributed by atoms with Crippen molar-refractivity contribution in [3.63, 3.8) is 0 Å². The van der Waals surface area contributed by atoms with Crippen molar-refractivity contribution in [1.29, 1.82) is 0 Å². The lowest BCUT2D eigenvalue weighted by Crippen LogP contribution is -2.20. The number of benzene rings is 1. The minimum Gasteiger partial charge on any atom is -0.492 e. The summed E-state index contributed by atoms with van der Waals surface area (Å²) in [5.41, 5.74) is 6.66. The Balaban J connectivity index is 2.06. The van der Waals surface area contributed by atoms with Gasteiger partial charge in [0, 0.05) is 0 Å². The Labute approximate surface area is 103 Å². The summed E-state index contributed by atoms with van der Waals surface area (Å²) in [5, 5.41) is 0. The summed E-state index contributed by atoms with van der Waals surface area (Å²) in [6.07, 6.45) is 6.44. The van der Waals surface area contributed by atoms with Gasteiger partial charge in [-0.1, -0.05) is 12.5 Å². The first-order valence-electron chi connectivity index (χ1n) is 6.49. The number of anilines is 1. The van der Waals surface area contributed by atoms with E-state index in [4.69, 9.17) is 15.2 Å². The Morgan fingerprint density at radius 1 is 1.18 bits per heavy atom. The Hall–Kier alpha value is -1.38. The van der Waals surface area contributed by atoms with Crippen molar-refractivity contribution in [2.24, 2.45) is 0 Å². The van der Waals surface area contributed by atoms with Gasteiger partial charge in [-0.3, -0.25) is 0 Å². The summed E-state index contributed by atoms with van der Waals surface area (Å²) in [7, 11) is 0. The molecule has 0 aromatic heterocycles. The number of nitrogen functional groups attached to an aromatic ring is 1. The molecule has 94 valence electrons. The molecule has 0 radical (unpaired) electrons. The molecule has 17 heavy (non-hydrogen) atoms. The lowest BCUT2D eigenvalue weighted by atomic mass is 9.98. The van der Waals surface area contributed by atoms with Crippen LogP contribution in [0, 0.1) is 0 Å². The van der Waals surface area contributed by atoms with Crippen molar-refractivity contribution < 1.29 is 9.47 Å². The van der Waals surface area contributed by atoms with Crippen molar-refractivity contribution in [3.8, 4) is 11.5 Å². The second-order valence-corrected chi connectivity index (χ2v) is 4.48. The van der Waals surface area contributed by atoms with E-state index in [2.05, 4.69) is 0 Å². The molecular weight excluding hydrogens is 214 g/mol. The maximum absolute atomic E-state index is 6.04. The highest BCUT2D eigenvalue weighted by atomic mass is 16.5. The maximum atomic E-state index is 6.04. The van der Waals surface area contributed by atoms with Crippen molar-refractivity contribution in [2.45, 2.75) is 45.1 Å². The third-order valence-electron chi connectivity index (χ3n) is 3.17. The number of hydrogen-bond donors (Lipinski definition) is 1. The fraction of sp³-hybridized carbons (Fsp3) is 0.571. The van der Waals surface area contributed by atoms with Crippen LogP contribution in [-0.4, -0.2) is 12.7 Å². The minimum atomic E-state index is 0.322. The van der Waals surface area contributed by atoms with E-state index in [1.54, 1.807) is 0 Å². The Kier molecular flexibility index (Phi) is 4.13. The van der Waals surface area contributed by atoms with Gasteiger partial charge in [0.1, 0.15) is 17.2 Å². The summed E-state index contributed by atoms with van der Waals surface area (Å²) in [5.74, 6) is 1.49. The van der Waals surface area contributed by atoms with Crippen LogP contribution in [0.1, 0.15) is 39.0 Å². The van der Waals surface area contributed by atoms with Crippen molar-refractivity contribution in [1.82, 2.24) is 0 Å². The van der Waals surface area contributed by atoms with Crippen LogP contribution in [0.3, 0.4) is 0 Å². The highest BCUT2D eigenvalue weighted by molar-refractivity contribution is 5.62. The standard InChI is InChI=1S/C14H21NO2/c1-2-16-12-9-6-10-13(14(12)15)17-11-7-4-3-5-8-11/h6,9-11H,2-5,7-8,15H2,1H3. The first kappa shape index (κ1) is 12.1. The third kappa shape index (κ3) is 3.05. The van der Waals surface area contributed by atoms with Gasteiger partial charge < -0.3 is 15.2 Å². The largest absolute Gasteiger partial charge is 0.492 e. The van der Waals surface area contributed by atoms with E-state index in [1.165, 1.54) is 19.3 Å². The lowest BCUT2D eigenvalue weighted by molar-refractivity contribution is 0.155. The molecule has 1 aromatic rings. The zero-order chi connectivity index (χ0) is 12.1. The van der Waals surface area contributed by atoms with E-state index in [0.717, 1.165) is 24.3 Å². The summed E-state index contributed by atoms with van der Waals surface area (Å²) >= 11 is 0. The molecule has 1 aliphatic rings. The summed E-state index contributed by atoms with van der Waals surface area (Å²) in [4.78, 5) is 0. The van der Waals surface area contributed by atoms with E-state index >= 15 is 0 Å². The molecule has 1 fully saturated rings. The first-order chi connectivity index (χ1) is 8.31. The van der Waals surface area contributed by atoms with Gasteiger partial charge in [-0.25, -0.2) is 0 Å². The molecular formula is C14H21NO2. The quantitative estimate of drug-likeness (QED) is 0.814. The Bertz CT molecular complexity index is 359. The monoisotopic (exact) mass is 235 g/mol. The van der Waals surface area contributed by atoms with Crippen LogP contribution in [0.5, 0.6) is 11.5 Å². The van der Waals surface area contributed by atoms with Gasteiger partial charge in [-0.15, -0.1) is 0 Å². The molecule has 2 N–H and O–H groups in total. The van der Waals surface area contributed by atoms with Gasteiger partial charge in [-0.2, -0.15) is 0 Å². The van der Waals surface area contributed by atoms with E-state index < -0.39 is 0 Å². The number of rotatable bonds is 4. The van der Waals surface area contributed by atoms with Crippen molar-refractivity contribution in [2.75, 3.05) is 12.3 Å². The Morgan fingerprint density at radius 3 is 2.59 bits per heavy atom. The highest BCUT2D eigenvalue weighted by Crippen LogP contribution is 2.33. The highest BCUT2D eigenvalue weighted by Gasteiger charge is 2.16. The summed E-state index contributed by atoms with van der Waals surface area (Å²) < 4.78 is 11.4. The van der Waals surface area contributed by atoms with Crippen LogP contribution >= 0.6 is 0 Å². The molecule has 0 atom stereocenters. The zero-order valence-electron chi connectivity index (χ0n) is 10.4. The molecule has 1 aliphatic carbocycles. The van der Waals surface area contributed by atoms with Gasteiger partial charge in [0.05, 0.1) is 12.7 Å². The number of para-hydroxylation sites is 1. The van der Waals surface area contributed by atoms with Gasteiger partial charge >= 0.3 is 0 Å². The second kappa shape index (κ2) is 5.80. The second-order valence-electron chi connectivity index (χ2n) is 4.48. The van der Waals surface area contributed by atoms with E-state index in [9.17, 15) is 0 Å². The SMILES string of the molecule is CCOc1cccc(OC2CCCCC2)c1N. The molecule has 0 heterocycles. The van der Waals surface area contributed by atoms with Gasteiger partial charge in [0.2, 0.25) is 0 Å². The molecule has 0 amide bonds. The van der Waals surface area contributed by atoms with Crippen molar-refractivity contribution in [3.05, 3.63) is 18.2 Å². The summed E-state index contributed by atoms with van der Waals surface area (Å²) in [6, 6.07) is 5.73. The van der Waals surface area contributed by atoms with E-state index in [1.807, 2.05) is 25.1 Å². The smallest absolute Gasteiger partial charge is 0.146 e. The van der Waals surface area contributed by atoms with Gasteiger partial charge in [0.25, 0.3) is 0 Å². The molecule has 2 rings (SSSR count). The van der Waals surface area contributed by atoms with E-state index in [-0.39, 0.29) is 0 Å². The van der Waals surface area contributed by atoms with Crippen LogP contribution in [0.2, 0.25) is 0 Å². The van der Waals surface area contributed by atoms with Gasteiger partial charge in [0.15, 0.2) is 0 Å². The Morgan fingerprint density at radius 2 is 1.88 bits per heavy atom. The summed E-state index contributed by atoms with van der Waals surface area (Å²) in [6.45, 7) is 2.57. The molecule has 0 saturated heterocycles. The van der Waals surface area contributed by atoms with Crippen molar-refractivity contribution >= 4 is 5.69 Å². The predicted molar refractivity (Wildman–Crippen MR) is 69.5 cm³/mol. The van der Waals surface area contributed by atoms with E-state index in [0.29, 0.717) is 18.4 Å². The van der Waals surface area contributed by atoms with Crippen LogP contribution in [0.15, 0.2) is 18.2 Å². The first-order valence-corrected chi connectivity index (χ1v) is 6.49. The molecule has 0 unspecified atom stereocenters. The minimum absolute atomic E-state index is 0.322. The average Bonchev–Trinajstić information content (AvgIpc) is 2.36. The fourth-order valence-electron chi connectivity index (χ4n) is 2.27. The average molecular weight is 235 g/mol. The number of hydrogen-bond acceptors (Lipinski definition) is 3. The maximum Gasteiger partial charge on any atom is 0.146 e. The number of ether oxygens (including phenoxy) is 2. The predicted octanol–water partition coefficient (Wildman–Crippen LogP) is 3.38.